The van der Waals surface area contributed by atoms with Crippen molar-refractivity contribution in [3.63, 3.8) is 0 Å². The van der Waals surface area contributed by atoms with E-state index in [1.165, 1.54) is 19.2 Å². The predicted molar refractivity (Wildman–Crippen MR) is 256 cm³/mol. The lowest BCUT2D eigenvalue weighted by Gasteiger charge is -2.29. The molecule has 0 radical (unpaired) electrons. The van der Waals surface area contributed by atoms with Gasteiger partial charge < -0.3 is 43.9 Å². The first-order valence-corrected chi connectivity index (χ1v) is 26.0. The van der Waals surface area contributed by atoms with Gasteiger partial charge in [-0.1, -0.05) is 0 Å². The van der Waals surface area contributed by atoms with E-state index in [-0.39, 0.29) is 35.0 Å². The Hall–Kier alpha value is -5.80. The number of ether oxygens (including phenoxy) is 3. The number of esters is 1. The molecule has 2 amide bonds. The van der Waals surface area contributed by atoms with Gasteiger partial charge in [-0.2, -0.15) is 0 Å². The number of aryl methyl sites for hydroxylation is 2. The van der Waals surface area contributed by atoms with E-state index >= 15 is 0 Å². The number of sulfone groups is 2. The third-order valence-electron chi connectivity index (χ3n) is 11.2. The van der Waals surface area contributed by atoms with Crippen LogP contribution in [0.4, 0.5) is 9.59 Å². The average molecular weight is 1000 g/mol. The number of aliphatic hydroxyl groups is 1. The minimum atomic E-state index is -3.47. The van der Waals surface area contributed by atoms with E-state index in [4.69, 9.17) is 33.3 Å². The Morgan fingerprint density at radius 3 is 1.25 bits per heavy atom. The van der Waals surface area contributed by atoms with Crippen LogP contribution in [0.1, 0.15) is 137 Å². The van der Waals surface area contributed by atoms with Gasteiger partial charge in [-0.3, -0.25) is 0 Å². The Morgan fingerprint density at radius 2 is 0.942 bits per heavy atom. The standard InChI is InChI=1S/C24H32N2O7S.C23H30N2O7S.CH4O/c1-15-20(26-21(32-15)16-6-8-17(9-7-16)22(27)31-5)14-34(29,30)19-12-10-18(11-13-19)25-23(28)33-24(2,3)4;1-14-19(25-20(31-14)15-5-7-16(8-6-15)21(26)27)13-33(29,30)18-11-9-17(10-12-18)24-22(28)32-23(2,3)4;1-2/h6-9,18-19H,10-14H2,1-5H3,(H,25,28);5-8,17-18H,9-13H2,1-4H3,(H,24,28)(H,26,27);2H,1H3. The molecule has 0 unspecified atom stereocenters. The molecular weight excluding hydrogens is 937 g/mol. The maximum atomic E-state index is 13.1. The average Bonchev–Trinajstić information content (AvgIpc) is 3.82. The van der Waals surface area contributed by atoms with E-state index < -0.39 is 65.5 Å². The number of methoxy groups -OCH3 is 1. The molecular formula is C48H66N4O15S2. The van der Waals surface area contributed by atoms with E-state index in [9.17, 15) is 36.0 Å². The van der Waals surface area contributed by atoms with Gasteiger partial charge in [0.2, 0.25) is 11.8 Å². The quantitative estimate of drug-likeness (QED) is 0.0775. The van der Waals surface area contributed by atoms with Gasteiger partial charge in [-0.05, 0) is 155 Å². The third-order valence-corrected chi connectivity index (χ3v) is 15.5. The number of aromatic nitrogens is 2. The summed E-state index contributed by atoms with van der Waals surface area (Å²) in [5, 5.41) is 20.7. The fourth-order valence-electron chi connectivity index (χ4n) is 7.69. The Balaban J connectivity index is 0.000000290. The molecule has 2 heterocycles. The number of oxazole rings is 2. The number of aliphatic hydroxyl groups excluding tert-OH is 1. The van der Waals surface area contributed by atoms with Gasteiger partial charge in [-0.25, -0.2) is 46.0 Å². The molecule has 2 aromatic heterocycles. The van der Waals surface area contributed by atoms with Crippen molar-refractivity contribution in [1.29, 1.82) is 0 Å². The Labute approximate surface area is 404 Å². The molecule has 0 atom stereocenters. The van der Waals surface area contributed by atoms with Crippen molar-refractivity contribution in [2.75, 3.05) is 14.2 Å². The number of nitrogens with zero attached hydrogens (tertiary/aromatic N) is 2. The number of benzene rings is 2. The number of alkyl carbamates (subject to hydrolysis) is 2. The number of nitrogens with one attached hydrogen (secondary N) is 2. The van der Waals surface area contributed by atoms with Crippen LogP contribution in [-0.4, -0.2) is 109 Å². The number of amides is 2. The molecule has 2 aliphatic carbocycles. The molecule has 21 heteroatoms. The molecule has 2 fully saturated rings. The first-order chi connectivity index (χ1) is 32.2. The van der Waals surface area contributed by atoms with Crippen LogP contribution in [0, 0.1) is 13.8 Å². The number of carboxylic acid groups (broad SMARTS) is 1. The highest BCUT2D eigenvalue weighted by molar-refractivity contribution is 7.91. The van der Waals surface area contributed by atoms with Crippen molar-refractivity contribution in [2.24, 2.45) is 0 Å². The summed E-state index contributed by atoms with van der Waals surface area (Å²) in [5.41, 5.74) is 1.30. The number of hydrogen-bond acceptors (Lipinski definition) is 16. The topological polar surface area (TPSA) is 281 Å². The molecule has 69 heavy (non-hydrogen) atoms. The monoisotopic (exact) mass is 1000 g/mol. The third kappa shape index (κ3) is 16.7. The van der Waals surface area contributed by atoms with Gasteiger partial charge in [0.1, 0.15) is 22.7 Å². The number of aromatic carboxylic acids is 1. The van der Waals surface area contributed by atoms with Crippen LogP contribution in [0.5, 0.6) is 0 Å². The van der Waals surface area contributed by atoms with Gasteiger partial charge in [0.15, 0.2) is 19.7 Å². The molecule has 4 aromatic rings. The molecule has 6 rings (SSSR count). The van der Waals surface area contributed by atoms with E-state index in [2.05, 4.69) is 20.6 Å². The molecule has 380 valence electrons. The predicted octanol–water partition coefficient (Wildman–Crippen LogP) is 7.89. The van der Waals surface area contributed by atoms with Gasteiger partial charge in [-0.15, -0.1) is 0 Å². The van der Waals surface area contributed by atoms with Crippen LogP contribution >= 0.6 is 0 Å². The number of rotatable bonds is 12. The molecule has 0 spiro atoms. The summed E-state index contributed by atoms with van der Waals surface area (Å²) in [6.07, 6.45) is 3.09. The van der Waals surface area contributed by atoms with Crippen LogP contribution in [0.25, 0.3) is 22.9 Å². The van der Waals surface area contributed by atoms with Crippen LogP contribution in [0.2, 0.25) is 0 Å². The zero-order chi connectivity index (χ0) is 51.5. The number of carboxylic acids is 1. The minimum absolute atomic E-state index is 0.102. The second kappa shape index (κ2) is 23.7. The largest absolute Gasteiger partial charge is 0.478 e. The summed E-state index contributed by atoms with van der Waals surface area (Å²) in [7, 11) is -4.62. The van der Waals surface area contributed by atoms with E-state index in [0.29, 0.717) is 96.9 Å². The molecule has 4 N–H and O–H groups in total. The Morgan fingerprint density at radius 1 is 0.609 bits per heavy atom. The van der Waals surface area contributed by atoms with Crippen LogP contribution < -0.4 is 10.6 Å². The Kier molecular flexibility index (Phi) is 19.1. The van der Waals surface area contributed by atoms with Crippen molar-refractivity contribution in [3.05, 3.63) is 82.6 Å². The second-order valence-corrected chi connectivity index (χ2v) is 23.4. The summed E-state index contributed by atoms with van der Waals surface area (Å²) < 4.78 is 78.8. The molecule has 0 bridgehead atoms. The number of carbonyl (C=O) groups is 4. The lowest BCUT2D eigenvalue weighted by molar-refractivity contribution is 0.0481. The fraction of sp³-hybridized carbons (Fsp3) is 0.542. The molecule has 0 aliphatic heterocycles. The highest BCUT2D eigenvalue weighted by atomic mass is 32.2. The highest BCUT2D eigenvalue weighted by Crippen LogP contribution is 2.31. The summed E-state index contributed by atoms with van der Waals surface area (Å²) in [4.78, 5) is 55.3. The van der Waals surface area contributed by atoms with Crippen LogP contribution in [0.15, 0.2) is 57.4 Å². The highest BCUT2D eigenvalue weighted by Gasteiger charge is 2.35. The van der Waals surface area contributed by atoms with Gasteiger partial charge in [0, 0.05) is 30.3 Å². The maximum absolute atomic E-state index is 13.1. The van der Waals surface area contributed by atoms with Crippen LogP contribution in [0.3, 0.4) is 0 Å². The van der Waals surface area contributed by atoms with E-state index in [0.717, 1.165) is 7.11 Å². The fourth-order valence-corrected chi connectivity index (χ4v) is 11.4. The van der Waals surface area contributed by atoms with Crippen LogP contribution in [-0.2, 0) is 45.4 Å². The smallest absolute Gasteiger partial charge is 0.407 e. The maximum Gasteiger partial charge on any atom is 0.407 e. The van der Waals surface area contributed by atoms with Gasteiger partial charge in [0.05, 0.1) is 51.6 Å². The first kappa shape index (κ1) is 55.8. The number of hydrogen-bond donors (Lipinski definition) is 4. The van der Waals surface area contributed by atoms with Crippen molar-refractivity contribution in [2.45, 2.75) is 152 Å². The molecule has 2 aliphatic rings. The summed E-state index contributed by atoms with van der Waals surface area (Å²) in [6.45, 7) is 14.1. The second-order valence-electron chi connectivity index (χ2n) is 18.8. The molecule has 19 nitrogen and oxygen atoms in total. The number of carbonyl (C=O) groups excluding carboxylic acids is 3. The molecule has 0 saturated heterocycles. The summed E-state index contributed by atoms with van der Waals surface area (Å²) in [6, 6.07) is 12.4. The van der Waals surface area contributed by atoms with Crippen molar-refractivity contribution in [1.82, 2.24) is 20.6 Å². The van der Waals surface area contributed by atoms with Crippen molar-refractivity contribution in [3.8, 4) is 22.9 Å². The lowest BCUT2D eigenvalue weighted by Crippen LogP contribution is -2.42. The van der Waals surface area contributed by atoms with Gasteiger partial charge >= 0.3 is 24.1 Å². The Bertz CT molecular complexity index is 2590. The summed E-state index contributed by atoms with van der Waals surface area (Å²) >= 11 is 0. The van der Waals surface area contributed by atoms with E-state index in [1.807, 2.05) is 0 Å². The van der Waals surface area contributed by atoms with Gasteiger partial charge in [0.25, 0.3) is 0 Å². The van der Waals surface area contributed by atoms with Crippen molar-refractivity contribution >= 4 is 43.8 Å². The zero-order valence-electron chi connectivity index (χ0n) is 40.9. The van der Waals surface area contributed by atoms with Crippen molar-refractivity contribution < 1.29 is 69.3 Å². The molecule has 2 saturated carbocycles. The zero-order valence-corrected chi connectivity index (χ0v) is 42.5. The summed E-state index contributed by atoms with van der Waals surface area (Å²) in [5.74, 6) is -0.524. The minimum Gasteiger partial charge on any atom is -0.478 e. The SMILES string of the molecule is CO.COC(=O)c1ccc(-c2nc(CS(=O)(=O)C3CCC(NC(=O)OC(C)(C)C)CC3)c(C)o2)cc1.Cc1oc(-c2ccc(C(=O)O)cc2)nc1CS(=O)(=O)C1CCC(NC(=O)OC(C)(C)C)CC1. The van der Waals surface area contributed by atoms with E-state index in [1.54, 1.807) is 91.8 Å². The normalized spacial score (nSPS) is 18.5. The first-order valence-electron chi connectivity index (χ1n) is 22.5. The lowest BCUT2D eigenvalue weighted by atomic mass is 9.95. The molecule has 2 aromatic carbocycles.